The van der Waals surface area contributed by atoms with E-state index in [0.717, 1.165) is 34.0 Å². The van der Waals surface area contributed by atoms with Crippen molar-refractivity contribution in [1.29, 1.82) is 0 Å². The Bertz CT molecular complexity index is 1380. The summed E-state index contributed by atoms with van der Waals surface area (Å²) in [6, 6.07) is 3.65. The maximum atomic E-state index is 12.8. The number of hydrogen-bond donors (Lipinski definition) is 2. The van der Waals surface area contributed by atoms with Crippen molar-refractivity contribution in [3.05, 3.63) is 57.9 Å². The first-order valence-electron chi connectivity index (χ1n) is 10.5. The van der Waals surface area contributed by atoms with Crippen LogP contribution in [0, 0.1) is 34.6 Å². The molecule has 2 amide bonds. The number of carbonyl (C=O) groups excluding carboxylic acids is 2. The highest BCUT2D eigenvalue weighted by atomic mass is 16.2. The zero-order valence-corrected chi connectivity index (χ0v) is 19.2. The number of rotatable bonds is 6. The Kier molecular flexibility index (Phi) is 5.62. The number of hydrogen-bond acceptors (Lipinski definition) is 7. The third-order valence-electron chi connectivity index (χ3n) is 5.34. The van der Waals surface area contributed by atoms with Gasteiger partial charge >= 0.3 is 0 Å². The summed E-state index contributed by atoms with van der Waals surface area (Å²) < 4.78 is 3.11. The Labute approximate surface area is 190 Å². The van der Waals surface area contributed by atoms with E-state index in [0.29, 0.717) is 23.8 Å². The van der Waals surface area contributed by atoms with Gasteiger partial charge in [0.15, 0.2) is 5.65 Å². The standard InChI is InChI=1S/C22H25N9O2/c1-11-8-12(2)26-22(25-11)31-18(9-13(3)29-31)28-19(32)7-6-16-14(4)27-21-17(20(23)33)10-24-30(21)15(16)5/h8-10H,6-7H2,1-5H3,(H2,23,33)(H,28,32). The minimum atomic E-state index is -0.580. The average Bonchev–Trinajstić information content (AvgIpc) is 3.30. The highest BCUT2D eigenvalue weighted by molar-refractivity contribution is 5.98. The number of carbonyl (C=O) groups is 2. The summed E-state index contributed by atoms with van der Waals surface area (Å²) in [6.07, 6.45) is 2.08. The molecule has 11 heteroatoms. The van der Waals surface area contributed by atoms with Crippen LogP contribution in [0.4, 0.5) is 5.82 Å². The van der Waals surface area contributed by atoms with E-state index in [4.69, 9.17) is 5.73 Å². The molecule has 0 saturated heterocycles. The van der Waals surface area contributed by atoms with Crippen molar-refractivity contribution in [2.75, 3.05) is 5.32 Å². The minimum Gasteiger partial charge on any atom is -0.365 e. The average molecular weight is 448 g/mol. The molecule has 0 saturated carbocycles. The van der Waals surface area contributed by atoms with Crippen LogP contribution in [-0.2, 0) is 11.2 Å². The van der Waals surface area contributed by atoms with Crippen molar-refractivity contribution >= 4 is 23.3 Å². The van der Waals surface area contributed by atoms with Crippen LogP contribution in [0.1, 0.15) is 50.8 Å². The van der Waals surface area contributed by atoms with Crippen molar-refractivity contribution in [2.24, 2.45) is 5.73 Å². The first-order chi connectivity index (χ1) is 15.6. The number of aromatic nitrogens is 7. The fourth-order valence-electron chi connectivity index (χ4n) is 3.83. The third kappa shape index (κ3) is 4.29. The van der Waals surface area contributed by atoms with Crippen LogP contribution >= 0.6 is 0 Å². The number of nitrogens with two attached hydrogens (primary N) is 1. The van der Waals surface area contributed by atoms with Gasteiger partial charge in [-0.25, -0.2) is 19.5 Å². The number of aryl methyl sites for hydroxylation is 5. The van der Waals surface area contributed by atoms with E-state index in [1.807, 2.05) is 40.7 Å². The molecule has 0 unspecified atom stereocenters. The topological polar surface area (TPSA) is 146 Å². The lowest BCUT2D eigenvalue weighted by Gasteiger charge is -2.12. The van der Waals surface area contributed by atoms with Gasteiger partial charge in [0, 0.05) is 35.3 Å². The Morgan fingerprint density at radius 2 is 1.70 bits per heavy atom. The zero-order chi connectivity index (χ0) is 23.9. The van der Waals surface area contributed by atoms with Crippen molar-refractivity contribution in [1.82, 2.24) is 34.3 Å². The number of nitrogens with one attached hydrogen (secondary N) is 1. The molecule has 0 aromatic carbocycles. The normalized spacial score (nSPS) is 11.2. The molecule has 170 valence electrons. The number of primary amides is 1. The summed E-state index contributed by atoms with van der Waals surface area (Å²) >= 11 is 0. The summed E-state index contributed by atoms with van der Waals surface area (Å²) in [4.78, 5) is 37.8. The minimum absolute atomic E-state index is 0.183. The van der Waals surface area contributed by atoms with Crippen molar-refractivity contribution in [2.45, 2.75) is 47.5 Å². The Balaban J connectivity index is 1.54. The maximum absolute atomic E-state index is 12.8. The van der Waals surface area contributed by atoms with Gasteiger partial charge in [-0.3, -0.25) is 9.59 Å². The van der Waals surface area contributed by atoms with E-state index in [9.17, 15) is 9.59 Å². The molecular formula is C22H25N9O2. The van der Waals surface area contributed by atoms with Gasteiger partial charge < -0.3 is 11.1 Å². The molecule has 11 nitrogen and oxygen atoms in total. The van der Waals surface area contributed by atoms with E-state index in [1.165, 1.54) is 10.9 Å². The fourth-order valence-corrected chi connectivity index (χ4v) is 3.83. The molecule has 4 heterocycles. The molecule has 0 spiro atoms. The third-order valence-corrected chi connectivity index (χ3v) is 5.34. The first-order valence-corrected chi connectivity index (χ1v) is 10.5. The van der Waals surface area contributed by atoms with Gasteiger partial charge in [-0.15, -0.1) is 0 Å². The zero-order valence-electron chi connectivity index (χ0n) is 19.2. The van der Waals surface area contributed by atoms with E-state index in [2.05, 4.69) is 30.5 Å². The number of nitrogens with zero attached hydrogens (tertiary/aromatic N) is 7. The Morgan fingerprint density at radius 1 is 1.00 bits per heavy atom. The Morgan fingerprint density at radius 3 is 2.36 bits per heavy atom. The predicted molar refractivity (Wildman–Crippen MR) is 121 cm³/mol. The second-order valence-electron chi connectivity index (χ2n) is 8.00. The molecule has 0 bridgehead atoms. The molecule has 0 aliphatic carbocycles. The molecule has 0 radical (unpaired) electrons. The molecule has 33 heavy (non-hydrogen) atoms. The number of anilines is 1. The van der Waals surface area contributed by atoms with Gasteiger partial charge in [-0.1, -0.05) is 0 Å². The van der Waals surface area contributed by atoms with Crippen molar-refractivity contribution in [3.63, 3.8) is 0 Å². The molecule has 0 aliphatic rings. The molecule has 0 atom stereocenters. The van der Waals surface area contributed by atoms with E-state index in [1.54, 1.807) is 10.6 Å². The molecule has 4 aromatic rings. The second-order valence-corrected chi connectivity index (χ2v) is 8.00. The van der Waals surface area contributed by atoms with Gasteiger partial charge in [0.05, 0.1) is 11.9 Å². The van der Waals surface area contributed by atoms with Crippen LogP contribution in [0.5, 0.6) is 0 Å². The summed E-state index contributed by atoms with van der Waals surface area (Å²) in [5, 5.41) is 11.6. The van der Waals surface area contributed by atoms with E-state index >= 15 is 0 Å². The van der Waals surface area contributed by atoms with Crippen molar-refractivity contribution in [3.8, 4) is 5.95 Å². The van der Waals surface area contributed by atoms with E-state index in [-0.39, 0.29) is 17.9 Å². The van der Waals surface area contributed by atoms with Gasteiger partial charge in [0.25, 0.3) is 11.9 Å². The van der Waals surface area contributed by atoms with E-state index < -0.39 is 5.91 Å². The lowest BCUT2D eigenvalue weighted by atomic mass is 10.1. The second kappa shape index (κ2) is 8.41. The van der Waals surface area contributed by atoms with Gasteiger partial charge in [-0.2, -0.15) is 14.9 Å². The first kappa shape index (κ1) is 22.1. The van der Waals surface area contributed by atoms with Gasteiger partial charge in [0.1, 0.15) is 11.4 Å². The molecule has 3 N–H and O–H groups in total. The fraction of sp³-hybridized carbons (Fsp3) is 0.318. The maximum Gasteiger partial charge on any atom is 0.254 e. The summed E-state index contributed by atoms with van der Waals surface area (Å²) in [5.41, 5.74) is 10.9. The summed E-state index contributed by atoms with van der Waals surface area (Å²) in [5.74, 6) is 0.143. The molecule has 4 rings (SSSR count). The molecular weight excluding hydrogens is 422 g/mol. The smallest absolute Gasteiger partial charge is 0.254 e. The number of fused-ring (bicyclic) bond motifs is 1. The number of amides is 2. The van der Waals surface area contributed by atoms with Gasteiger partial charge in [-0.05, 0) is 52.7 Å². The summed E-state index contributed by atoms with van der Waals surface area (Å²) in [7, 11) is 0. The van der Waals surface area contributed by atoms with Crippen molar-refractivity contribution < 1.29 is 9.59 Å². The highest BCUT2D eigenvalue weighted by Crippen LogP contribution is 2.20. The van der Waals surface area contributed by atoms with Crippen LogP contribution < -0.4 is 11.1 Å². The Hall–Kier alpha value is -4.15. The lowest BCUT2D eigenvalue weighted by Crippen LogP contribution is -2.18. The van der Waals surface area contributed by atoms with Gasteiger partial charge in [0.2, 0.25) is 5.91 Å². The largest absolute Gasteiger partial charge is 0.365 e. The monoisotopic (exact) mass is 447 g/mol. The van der Waals surface area contributed by atoms with Crippen LogP contribution in [0.15, 0.2) is 18.3 Å². The predicted octanol–water partition coefficient (Wildman–Crippen LogP) is 1.92. The van der Waals surface area contributed by atoms with Crippen LogP contribution in [-0.4, -0.2) is 46.2 Å². The quantitative estimate of drug-likeness (QED) is 0.459. The van der Waals surface area contributed by atoms with Crippen LogP contribution in [0.3, 0.4) is 0 Å². The molecule has 4 aromatic heterocycles. The van der Waals surface area contributed by atoms with Crippen LogP contribution in [0.2, 0.25) is 0 Å². The molecule has 0 fully saturated rings. The highest BCUT2D eigenvalue weighted by Gasteiger charge is 2.18. The molecule has 0 aliphatic heterocycles. The van der Waals surface area contributed by atoms with Crippen LogP contribution in [0.25, 0.3) is 11.6 Å². The summed E-state index contributed by atoms with van der Waals surface area (Å²) in [6.45, 7) is 9.33. The SMILES string of the molecule is Cc1cc(C)nc(-n2nc(C)cc2NC(=O)CCc2c(C)nc3c(C(N)=O)cnn3c2C)n1. The lowest BCUT2D eigenvalue weighted by molar-refractivity contribution is -0.116.